The van der Waals surface area contributed by atoms with Crippen molar-refractivity contribution in [1.29, 1.82) is 0 Å². The number of unbranched alkanes of at least 4 members (excludes halogenated alkanes) is 1. The van der Waals surface area contributed by atoms with E-state index in [1.54, 1.807) is 36.4 Å². The molecule has 190 valence electrons. The van der Waals surface area contributed by atoms with Crippen LogP contribution >= 0.6 is 33.9 Å². The summed E-state index contributed by atoms with van der Waals surface area (Å²) in [7, 11) is -0.510. The van der Waals surface area contributed by atoms with E-state index in [0.29, 0.717) is 44.9 Å². The number of carboxylic acids is 1. The second kappa shape index (κ2) is 13.3. The first-order chi connectivity index (χ1) is 17.3. The highest BCUT2D eigenvalue weighted by atomic mass is 35.5. The van der Waals surface area contributed by atoms with E-state index >= 15 is 0 Å². The molecule has 3 aromatic rings. The van der Waals surface area contributed by atoms with Gasteiger partial charge in [0.2, 0.25) is 0 Å². The minimum absolute atomic E-state index is 0.134. The number of nitrogens with one attached hydrogen (secondary N) is 2. The van der Waals surface area contributed by atoms with E-state index in [4.69, 9.17) is 33.0 Å². The molecule has 0 saturated heterocycles. The fourth-order valence-electron chi connectivity index (χ4n) is 3.30. The molecular formula is C27H28Cl2N2O4S. The molecule has 0 aliphatic carbocycles. The van der Waals surface area contributed by atoms with Crippen molar-refractivity contribution in [3.05, 3.63) is 81.8 Å². The van der Waals surface area contributed by atoms with Crippen molar-refractivity contribution in [3.8, 4) is 11.5 Å². The maximum Gasteiger partial charge on any atom is 0.307 e. The molecule has 1 amide bonds. The van der Waals surface area contributed by atoms with Crippen LogP contribution in [0.4, 0.5) is 5.69 Å². The van der Waals surface area contributed by atoms with Gasteiger partial charge in [-0.05, 0) is 78.9 Å². The lowest BCUT2D eigenvalue weighted by molar-refractivity contribution is -0.136. The predicted molar refractivity (Wildman–Crippen MR) is 149 cm³/mol. The van der Waals surface area contributed by atoms with Gasteiger partial charge in [-0.15, -0.1) is 0 Å². The first kappa shape index (κ1) is 27.6. The van der Waals surface area contributed by atoms with Gasteiger partial charge in [-0.25, -0.2) is 0 Å². The van der Waals surface area contributed by atoms with Crippen LogP contribution < -0.4 is 14.8 Å². The third-order valence-electron chi connectivity index (χ3n) is 5.15. The molecule has 3 rings (SSSR count). The van der Waals surface area contributed by atoms with Crippen LogP contribution in [0.2, 0.25) is 10.0 Å². The summed E-state index contributed by atoms with van der Waals surface area (Å²) < 4.78 is 9.61. The lowest BCUT2D eigenvalue weighted by Crippen LogP contribution is -2.24. The number of halogens is 2. The van der Waals surface area contributed by atoms with Crippen LogP contribution in [0, 0.1) is 0 Å². The number of benzene rings is 3. The fraction of sp³-hybridized carbons (Fsp3) is 0.222. The first-order valence-electron chi connectivity index (χ1n) is 11.5. The van der Waals surface area contributed by atoms with E-state index in [-0.39, 0.29) is 12.3 Å². The second-order valence-corrected chi connectivity index (χ2v) is 10.6. The maximum absolute atomic E-state index is 12.7. The van der Waals surface area contributed by atoms with Crippen LogP contribution in [-0.4, -0.2) is 28.9 Å². The molecule has 0 bridgehead atoms. The number of ether oxygens (including phenoxy) is 1. The summed E-state index contributed by atoms with van der Waals surface area (Å²) in [6, 6.07) is 17.6. The van der Waals surface area contributed by atoms with Crippen LogP contribution in [0.25, 0.3) is 0 Å². The van der Waals surface area contributed by atoms with Crippen molar-refractivity contribution in [3.63, 3.8) is 0 Å². The summed E-state index contributed by atoms with van der Waals surface area (Å²) in [5, 5.41) is 14.9. The number of aliphatic carboxylic acids is 1. The Bertz CT molecular complexity index is 1260. The average Bonchev–Trinajstić information content (AvgIpc) is 2.85. The van der Waals surface area contributed by atoms with E-state index < -0.39 is 16.6 Å². The Morgan fingerprint density at radius 2 is 1.75 bits per heavy atom. The summed E-state index contributed by atoms with van der Waals surface area (Å²) >= 11 is 12.5. The number of rotatable bonds is 11. The Balaban J connectivity index is 1.94. The summed E-state index contributed by atoms with van der Waals surface area (Å²) in [5.74, 6) is -0.257. The molecule has 6 nitrogen and oxygen atoms in total. The smallest absolute Gasteiger partial charge is 0.307 e. The van der Waals surface area contributed by atoms with Crippen molar-refractivity contribution >= 4 is 56.8 Å². The number of carbonyl (C=O) groups is 2. The molecule has 0 radical (unpaired) electrons. The fourth-order valence-corrected chi connectivity index (χ4v) is 5.01. The molecule has 1 unspecified atom stereocenters. The molecule has 9 heteroatoms. The number of anilines is 1. The lowest BCUT2D eigenvalue weighted by Gasteiger charge is -2.18. The average molecular weight is 548 g/mol. The second-order valence-electron chi connectivity index (χ2n) is 7.89. The standard InChI is InChI=1S/C27H28Cl2N2O4S/c1-3-5-14-30-27(34)19-7-13-25(35-24-12-6-18(15-22(24)29)16-26(32)33)23(17-19)31-36(4-2)21-10-8-20(28)9-11-21/h4,6-13,15,17,31H,3,5,14,16H2,1-2H3,(H,30,34)(H,32,33). The van der Waals surface area contributed by atoms with E-state index in [1.165, 1.54) is 0 Å². The number of amides is 1. The summed E-state index contributed by atoms with van der Waals surface area (Å²) in [4.78, 5) is 24.7. The van der Waals surface area contributed by atoms with Gasteiger partial charge < -0.3 is 19.9 Å². The van der Waals surface area contributed by atoms with E-state index in [9.17, 15) is 9.59 Å². The lowest BCUT2D eigenvalue weighted by atomic mass is 10.1. The van der Waals surface area contributed by atoms with Crippen molar-refractivity contribution in [2.45, 2.75) is 38.0 Å². The normalized spacial score (nSPS) is 11.7. The molecular weight excluding hydrogens is 519 g/mol. The Morgan fingerprint density at radius 3 is 2.39 bits per heavy atom. The highest BCUT2D eigenvalue weighted by Gasteiger charge is 2.15. The molecule has 0 aromatic heterocycles. The van der Waals surface area contributed by atoms with E-state index in [2.05, 4.69) is 17.0 Å². The minimum atomic E-state index is -0.941. The largest absolute Gasteiger partial charge is 0.481 e. The topological polar surface area (TPSA) is 87.7 Å². The van der Waals surface area contributed by atoms with Gasteiger partial charge in [-0.2, -0.15) is 0 Å². The van der Waals surface area contributed by atoms with Crippen LogP contribution in [0.15, 0.2) is 65.6 Å². The number of carbonyl (C=O) groups excluding carboxylic acids is 1. The van der Waals surface area contributed by atoms with Gasteiger partial charge in [0, 0.05) is 22.0 Å². The molecule has 1 atom stereocenters. The van der Waals surface area contributed by atoms with Gasteiger partial charge in [-0.1, -0.05) is 53.3 Å². The third-order valence-corrected chi connectivity index (χ3v) is 7.39. The molecule has 0 saturated carbocycles. The molecule has 3 N–H and O–H groups in total. The summed E-state index contributed by atoms with van der Waals surface area (Å²) in [5.41, 5.74) is 1.68. The zero-order valence-electron chi connectivity index (χ0n) is 20.0. The third kappa shape index (κ3) is 7.75. The maximum atomic E-state index is 12.7. The molecule has 0 heterocycles. The highest BCUT2D eigenvalue weighted by molar-refractivity contribution is 8.16. The Hall–Kier alpha value is -3.00. The predicted octanol–water partition coefficient (Wildman–Crippen LogP) is 7.42. The zero-order valence-corrected chi connectivity index (χ0v) is 22.3. The van der Waals surface area contributed by atoms with Gasteiger partial charge in [0.25, 0.3) is 5.91 Å². The van der Waals surface area contributed by atoms with Crippen molar-refractivity contribution in [1.82, 2.24) is 5.32 Å². The van der Waals surface area contributed by atoms with Crippen LogP contribution in [0.5, 0.6) is 11.5 Å². The molecule has 0 aliphatic rings. The highest BCUT2D eigenvalue weighted by Crippen LogP contribution is 2.38. The minimum Gasteiger partial charge on any atom is -0.481 e. The molecule has 36 heavy (non-hydrogen) atoms. The van der Waals surface area contributed by atoms with Crippen molar-refractivity contribution < 1.29 is 19.4 Å². The van der Waals surface area contributed by atoms with Crippen LogP contribution in [0.3, 0.4) is 0 Å². The van der Waals surface area contributed by atoms with Gasteiger partial charge in [0.15, 0.2) is 5.75 Å². The number of hydrogen-bond acceptors (Lipinski definition) is 4. The Morgan fingerprint density at radius 1 is 1.03 bits per heavy atom. The van der Waals surface area contributed by atoms with Crippen molar-refractivity contribution in [2.75, 3.05) is 11.3 Å². The van der Waals surface area contributed by atoms with E-state index in [1.807, 2.05) is 36.6 Å². The molecule has 0 aliphatic heterocycles. The number of hydrogen-bond donors (Lipinski definition) is 3. The monoisotopic (exact) mass is 546 g/mol. The molecule has 3 aromatic carbocycles. The van der Waals surface area contributed by atoms with Gasteiger partial charge in [0.1, 0.15) is 5.75 Å². The zero-order chi connectivity index (χ0) is 26.1. The quantitative estimate of drug-likeness (QED) is 0.172. The van der Waals surface area contributed by atoms with Crippen LogP contribution in [-0.2, 0) is 11.2 Å². The molecule has 0 spiro atoms. The van der Waals surface area contributed by atoms with E-state index in [0.717, 1.165) is 17.7 Å². The number of carboxylic acid groups (broad SMARTS) is 1. The Labute approximate surface area is 223 Å². The SMILES string of the molecule is C/C=S(/Nc1cc(C(=O)NCCCC)ccc1Oc1ccc(CC(=O)O)cc1Cl)c1ccc(Cl)cc1. The summed E-state index contributed by atoms with van der Waals surface area (Å²) in [6.45, 7) is 4.62. The van der Waals surface area contributed by atoms with Gasteiger partial charge >= 0.3 is 5.97 Å². The van der Waals surface area contributed by atoms with Crippen molar-refractivity contribution in [2.24, 2.45) is 0 Å². The van der Waals surface area contributed by atoms with Gasteiger partial charge in [0.05, 0.1) is 17.1 Å². The van der Waals surface area contributed by atoms with Crippen LogP contribution in [0.1, 0.15) is 42.6 Å². The Kier molecular flexibility index (Phi) is 10.2. The summed E-state index contributed by atoms with van der Waals surface area (Å²) in [6.07, 6.45) is 1.76. The van der Waals surface area contributed by atoms with Gasteiger partial charge in [-0.3, -0.25) is 9.59 Å². The first-order valence-corrected chi connectivity index (χ1v) is 13.5. The molecule has 0 fully saturated rings.